The highest BCUT2D eigenvalue weighted by Gasteiger charge is 2.40. The molecule has 32 heavy (non-hydrogen) atoms. The number of nitrogens with two attached hydrogens (primary N) is 1. The van der Waals surface area contributed by atoms with Gasteiger partial charge in [0.2, 0.25) is 0 Å². The predicted octanol–water partition coefficient (Wildman–Crippen LogP) is 2.90. The molecular weight excluding hydrogens is 404 g/mol. The second-order valence-electron chi connectivity index (χ2n) is 9.24. The molecule has 3 N–H and O–H groups in total. The number of nitrogens with zero attached hydrogens (tertiary/aromatic N) is 6. The lowest BCUT2D eigenvalue weighted by Gasteiger charge is -2.27. The lowest BCUT2D eigenvalue weighted by molar-refractivity contribution is 0.200. The first-order valence-electron chi connectivity index (χ1n) is 11.2. The van der Waals surface area contributed by atoms with Crippen molar-refractivity contribution in [2.75, 3.05) is 17.2 Å². The number of rotatable bonds is 6. The Bertz CT molecular complexity index is 1210. The summed E-state index contributed by atoms with van der Waals surface area (Å²) in [7, 11) is 0. The van der Waals surface area contributed by atoms with Crippen molar-refractivity contribution in [3.8, 4) is 5.75 Å². The zero-order chi connectivity index (χ0) is 21.9. The summed E-state index contributed by atoms with van der Waals surface area (Å²) in [5.41, 5.74) is 8.05. The second-order valence-corrected chi connectivity index (χ2v) is 9.24. The van der Waals surface area contributed by atoms with E-state index in [-0.39, 0.29) is 11.3 Å². The van der Waals surface area contributed by atoms with Crippen LogP contribution in [0.1, 0.15) is 61.4 Å². The summed E-state index contributed by atoms with van der Waals surface area (Å²) in [6.45, 7) is 4.30. The van der Waals surface area contributed by atoms with Crippen molar-refractivity contribution in [1.29, 1.82) is 5.41 Å². The predicted molar refractivity (Wildman–Crippen MR) is 120 cm³/mol. The minimum atomic E-state index is -0.0914. The lowest BCUT2D eigenvalue weighted by Crippen LogP contribution is -2.35. The van der Waals surface area contributed by atoms with E-state index in [1.165, 1.54) is 19.2 Å². The van der Waals surface area contributed by atoms with E-state index in [9.17, 15) is 0 Å². The van der Waals surface area contributed by atoms with Crippen molar-refractivity contribution < 1.29 is 4.74 Å². The maximum absolute atomic E-state index is 8.77. The van der Waals surface area contributed by atoms with Gasteiger partial charge in [0.15, 0.2) is 5.82 Å². The molecule has 9 heteroatoms. The quantitative estimate of drug-likeness (QED) is 0.456. The Kier molecular flexibility index (Phi) is 4.21. The van der Waals surface area contributed by atoms with E-state index in [1.54, 1.807) is 6.07 Å². The summed E-state index contributed by atoms with van der Waals surface area (Å²) in [6.07, 6.45) is 5.99. The van der Waals surface area contributed by atoms with Gasteiger partial charge in [0, 0.05) is 29.8 Å². The van der Waals surface area contributed by atoms with Gasteiger partial charge in [-0.15, -0.1) is 0 Å². The molecule has 0 amide bonds. The summed E-state index contributed by atoms with van der Waals surface area (Å²) < 4.78 is 8.08. The highest BCUT2D eigenvalue weighted by Crippen LogP contribution is 2.40. The molecule has 2 fully saturated rings. The summed E-state index contributed by atoms with van der Waals surface area (Å²) in [4.78, 5) is 15.7. The van der Waals surface area contributed by atoms with Crippen LogP contribution in [0.5, 0.6) is 5.75 Å². The van der Waals surface area contributed by atoms with Crippen LogP contribution in [0.15, 0.2) is 30.6 Å². The van der Waals surface area contributed by atoms with Crippen LogP contribution in [-0.2, 0) is 13.1 Å². The van der Waals surface area contributed by atoms with Crippen molar-refractivity contribution in [2.24, 2.45) is 0 Å². The molecule has 6 rings (SSSR count). The molecule has 2 saturated carbocycles. The standard InChI is InChI=1S/C23H26N8O/c1-23(6-7-23)32-15-4-5-17(24)16(10-15)21(25)18-11-19(27-13-26-18)30-8-9-31-20(12-30)28-22(29-31)14-2-3-14/h4-5,10-11,13-14,25H,2-3,6-9,12,24H2,1H3. The van der Waals surface area contributed by atoms with Gasteiger partial charge in [0.25, 0.3) is 0 Å². The van der Waals surface area contributed by atoms with E-state index in [0.29, 0.717) is 29.4 Å². The van der Waals surface area contributed by atoms with Gasteiger partial charge in [-0.25, -0.2) is 19.6 Å². The lowest BCUT2D eigenvalue weighted by atomic mass is 10.0. The monoisotopic (exact) mass is 430 g/mol. The topological polar surface area (TPSA) is 119 Å². The molecule has 0 spiro atoms. The van der Waals surface area contributed by atoms with Crippen molar-refractivity contribution >= 4 is 17.2 Å². The summed E-state index contributed by atoms with van der Waals surface area (Å²) in [6, 6.07) is 7.35. The number of aromatic nitrogens is 5. The number of anilines is 2. The van der Waals surface area contributed by atoms with Gasteiger partial charge in [0.05, 0.1) is 24.5 Å². The first-order chi connectivity index (χ1) is 15.5. The van der Waals surface area contributed by atoms with Gasteiger partial charge in [0.1, 0.15) is 29.3 Å². The molecule has 2 aliphatic carbocycles. The molecule has 0 atom stereocenters. The first-order valence-corrected chi connectivity index (χ1v) is 11.2. The number of hydrogen-bond acceptors (Lipinski definition) is 8. The number of fused-ring (bicyclic) bond motifs is 1. The minimum absolute atomic E-state index is 0.0914. The molecule has 0 bridgehead atoms. The van der Waals surface area contributed by atoms with Gasteiger partial charge in [-0.3, -0.25) is 5.41 Å². The van der Waals surface area contributed by atoms with Crippen LogP contribution in [-0.4, -0.2) is 42.6 Å². The van der Waals surface area contributed by atoms with E-state index in [0.717, 1.165) is 49.1 Å². The van der Waals surface area contributed by atoms with Gasteiger partial charge in [-0.05, 0) is 50.8 Å². The second kappa shape index (κ2) is 7.01. The van der Waals surface area contributed by atoms with Gasteiger partial charge in [-0.1, -0.05) is 0 Å². The number of hydrogen-bond donors (Lipinski definition) is 2. The Morgan fingerprint density at radius 2 is 2.03 bits per heavy atom. The molecule has 0 radical (unpaired) electrons. The number of benzene rings is 1. The summed E-state index contributed by atoms with van der Waals surface area (Å²) in [5.74, 6) is 3.99. The number of ether oxygens (including phenoxy) is 1. The summed E-state index contributed by atoms with van der Waals surface area (Å²) in [5, 5.41) is 13.4. The average molecular weight is 431 g/mol. The Morgan fingerprint density at radius 3 is 2.81 bits per heavy atom. The maximum atomic E-state index is 8.77. The van der Waals surface area contributed by atoms with Crippen molar-refractivity contribution in [3.63, 3.8) is 0 Å². The smallest absolute Gasteiger partial charge is 0.154 e. The van der Waals surface area contributed by atoms with Crippen LogP contribution in [0.4, 0.5) is 11.5 Å². The van der Waals surface area contributed by atoms with Gasteiger partial charge < -0.3 is 15.4 Å². The molecule has 1 aromatic carbocycles. The van der Waals surface area contributed by atoms with Crippen LogP contribution in [0.2, 0.25) is 0 Å². The molecule has 2 aromatic heterocycles. The zero-order valence-electron chi connectivity index (χ0n) is 18.1. The third-order valence-electron chi connectivity index (χ3n) is 6.47. The Morgan fingerprint density at radius 1 is 1.19 bits per heavy atom. The normalized spacial score (nSPS) is 18.8. The largest absolute Gasteiger partial charge is 0.488 e. The molecule has 3 heterocycles. The van der Waals surface area contributed by atoms with Gasteiger partial charge >= 0.3 is 0 Å². The van der Waals surface area contributed by atoms with E-state index >= 15 is 0 Å². The molecule has 3 aliphatic rings. The van der Waals surface area contributed by atoms with E-state index in [2.05, 4.69) is 26.9 Å². The molecule has 9 nitrogen and oxygen atoms in total. The van der Waals surface area contributed by atoms with E-state index in [4.69, 9.17) is 20.9 Å². The van der Waals surface area contributed by atoms with Crippen LogP contribution in [0, 0.1) is 5.41 Å². The highest BCUT2D eigenvalue weighted by molar-refractivity contribution is 6.13. The van der Waals surface area contributed by atoms with Crippen LogP contribution >= 0.6 is 0 Å². The SMILES string of the molecule is CC1(Oc2ccc(N)c(C(=N)c3cc(N4CCn5nc(C6CC6)nc5C4)ncn3)c2)CC1. The highest BCUT2D eigenvalue weighted by atomic mass is 16.5. The first kappa shape index (κ1) is 19.2. The third kappa shape index (κ3) is 3.57. The average Bonchev–Trinajstić information content (AvgIpc) is 3.73. The van der Waals surface area contributed by atoms with Crippen LogP contribution < -0.4 is 15.4 Å². The third-order valence-corrected chi connectivity index (χ3v) is 6.47. The van der Waals surface area contributed by atoms with E-state index < -0.39 is 0 Å². The fourth-order valence-corrected chi connectivity index (χ4v) is 4.04. The molecule has 0 saturated heterocycles. The molecular formula is C23H26N8O. The van der Waals surface area contributed by atoms with E-state index in [1.807, 2.05) is 22.9 Å². The van der Waals surface area contributed by atoms with Crippen LogP contribution in [0.25, 0.3) is 0 Å². The molecule has 0 unspecified atom stereocenters. The molecule has 164 valence electrons. The Hall–Kier alpha value is -3.49. The fraction of sp³-hybridized carbons (Fsp3) is 0.435. The Labute approximate surface area is 186 Å². The molecule has 1 aliphatic heterocycles. The van der Waals surface area contributed by atoms with Crippen molar-refractivity contribution in [1.82, 2.24) is 24.7 Å². The summed E-state index contributed by atoms with van der Waals surface area (Å²) >= 11 is 0. The van der Waals surface area contributed by atoms with Crippen molar-refractivity contribution in [2.45, 2.75) is 57.2 Å². The van der Waals surface area contributed by atoms with Crippen LogP contribution in [0.3, 0.4) is 0 Å². The zero-order valence-corrected chi connectivity index (χ0v) is 18.1. The fourth-order valence-electron chi connectivity index (χ4n) is 4.04. The number of nitrogen functional groups attached to an aromatic ring is 1. The Balaban J connectivity index is 1.24. The maximum Gasteiger partial charge on any atom is 0.154 e. The van der Waals surface area contributed by atoms with Gasteiger partial charge in [-0.2, -0.15) is 5.10 Å². The molecule has 3 aromatic rings. The van der Waals surface area contributed by atoms with Crippen molar-refractivity contribution in [3.05, 3.63) is 53.5 Å². The number of nitrogens with one attached hydrogen (secondary N) is 1. The minimum Gasteiger partial charge on any atom is -0.488 e.